The molecule has 6 heteroatoms. The highest BCUT2D eigenvalue weighted by Gasteiger charge is 2.44. The number of piperidine rings is 1. The lowest BCUT2D eigenvalue weighted by Crippen LogP contribution is -2.52. The standard InChI is InChI=1S/C33H35N3O3/c1-2-39-32(38)19-21-36-24-26(23-34-36)22-27-25-35(20-18-31(27)37)33(28-12-6-3-7-13-28,29-14-8-4-9-15-29)30-16-10-5-11-17-30/h3-17,22-24,31,37H,2,18-21,25H2,1H3/b27-22-. The summed E-state index contributed by atoms with van der Waals surface area (Å²) in [5.41, 5.74) is 4.87. The van der Waals surface area contributed by atoms with Crippen molar-refractivity contribution < 1.29 is 14.6 Å². The molecule has 0 amide bonds. The van der Waals surface area contributed by atoms with Crippen molar-refractivity contribution in [2.24, 2.45) is 0 Å². The van der Waals surface area contributed by atoms with Crippen molar-refractivity contribution in [1.29, 1.82) is 0 Å². The van der Waals surface area contributed by atoms with Crippen molar-refractivity contribution in [2.45, 2.75) is 38.0 Å². The molecule has 39 heavy (non-hydrogen) atoms. The molecule has 1 aliphatic rings. The van der Waals surface area contributed by atoms with Crippen molar-refractivity contribution in [3.63, 3.8) is 0 Å². The number of hydrogen-bond acceptors (Lipinski definition) is 5. The molecule has 6 nitrogen and oxygen atoms in total. The van der Waals surface area contributed by atoms with E-state index in [1.54, 1.807) is 17.8 Å². The first-order valence-electron chi connectivity index (χ1n) is 13.6. The number of aromatic nitrogens is 2. The minimum Gasteiger partial charge on any atom is -0.466 e. The van der Waals surface area contributed by atoms with Crippen LogP contribution in [-0.2, 0) is 21.6 Å². The van der Waals surface area contributed by atoms with Gasteiger partial charge < -0.3 is 9.84 Å². The fraction of sp³-hybridized carbons (Fsp3) is 0.273. The van der Waals surface area contributed by atoms with Crippen LogP contribution in [0.2, 0.25) is 0 Å². The molecule has 1 atom stereocenters. The summed E-state index contributed by atoms with van der Waals surface area (Å²) in [6.45, 7) is 3.96. The quantitative estimate of drug-likeness (QED) is 0.240. The van der Waals surface area contributed by atoms with Crippen LogP contribution in [0, 0.1) is 0 Å². The van der Waals surface area contributed by atoms with Gasteiger partial charge in [0.05, 0.1) is 37.4 Å². The SMILES string of the molecule is CCOC(=O)CCn1cc(/C=C2/CN(C(c3ccccc3)(c3ccccc3)c3ccccc3)CCC2O)cn1. The predicted molar refractivity (Wildman–Crippen MR) is 153 cm³/mol. The third-order valence-electron chi connectivity index (χ3n) is 7.38. The number of aryl methyl sites for hydroxylation is 1. The third-order valence-corrected chi connectivity index (χ3v) is 7.38. The largest absolute Gasteiger partial charge is 0.466 e. The number of rotatable bonds is 9. The average molecular weight is 522 g/mol. The van der Waals surface area contributed by atoms with Crippen molar-refractivity contribution in [3.8, 4) is 0 Å². The van der Waals surface area contributed by atoms with Crippen molar-refractivity contribution in [3.05, 3.63) is 131 Å². The van der Waals surface area contributed by atoms with Crippen molar-refractivity contribution in [2.75, 3.05) is 19.7 Å². The molecule has 1 saturated heterocycles. The number of hydrogen-bond donors (Lipinski definition) is 1. The van der Waals surface area contributed by atoms with Gasteiger partial charge in [-0.25, -0.2) is 0 Å². The molecule has 2 heterocycles. The Bertz CT molecular complexity index is 1290. The maximum absolute atomic E-state index is 11.8. The molecule has 0 aliphatic carbocycles. The number of carbonyl (C=O) groups excluding carboxylic acids is 1. The van der Waals surface area contributed by atoms with Gasteiger partial charge in [0.1, 0.15) is 0 Å². The molecule has 0 spiro atoms. The number of carbonyl (C=O) groups is 1. The lowest BCUT2D eigenvalue weighted by atomic mass is 9.74. The average Bonchev–Trinajstić information content (AvgIpc) is 3.43. The first-order chi connectivity index (χ1) is 19.1. The molecule has 3 aromatic carbocycles. The maximum Gasteiger partial charge on any atom is 0.307 e. The number of benzene rings is 3. The van der Waals surface area contributed by atoms with Crippen LogP contribution in [-0.4, -0.2) is 51.6 Å². The fourth-order valence-electron chi connectivity index (χ4n) is 5.61. The van der Waals surface area contributed by atoms with Crippen LogP contribution in [0.1, 0.15) is 42.0 Å². The van der Waals surface area contributed by atoms with E-state index in [2.05, 4.69) is 101 Å². The van der Waals surface area contributed by atoms with Gasteiger partial charge in [-0.1, -0.05) is 91.0 Å². The summed E-state index contributed by atoms with van der Waals surface area (Å²) < 4.78 is 6.78. The minimum atomic E-state index is -0.538. The van der Waals surface area contributed by atoms with Gasteiger partial charge in [0, 0.05) is 24.8 Å². The third kappa shape index (κ3) is 5.72. The van der Waals surface area contributed by atoms with Crippen molar-refractivity contribution in [1.82, 2.24) is 14.7 Å². The number of aliphatic hydroxyl groups is 1. The van der Waals surface area contributed by atoms with Crippen LogP contribution in [0.5, 0.6) is 0 Å². The second-order valence-corrected chi connectivity index (χ2v) is 9.85. The van der Waals surface area contributed by atoms with Crippen molar-refractivity contribution >= 4 is 12.0 Å². The highest BCUT2D eigenvalue weighted by Crippen LogP contribution is 2.44. The zero-order valence-electron chi connectivity index (χ0n) is 22.3. The molecule has 1 aromatic heterocycles. The van der Waals surface area contributed by atoms with E-state index in [1.807, 2.05) is 12.3 Å². The van der Waals surface area contributed by atoms with Gasteiger partial charge in [-0.05, 0) is 41.7 Å². The molecule has 200 valence electrons. The van der Waals surface area contributed by atoms with Crippen LogP contribution in [0.3, 0.4) is 0 Å². The van der Waals surface area contributed by atoms with Gasteiger partial charge in [-0.15, -0.1) is 0 Å². The van der Waals surface area contributed by atoms with Crippen LogP contribution in [0.4, 0.5) is 0 Å². The molecule has 1 fully saturated rings. The molecular weight excluding hydrogens is 486 g/mol. The Morgan fingerprint density at radius 3 is 2.08 bits per heavy atom. The van der Waals surface area contributed by atoms with Crippen LogP contribution < -0.4 is 0 Å². The Kier molecular flexibility index (Phi) is 8.35. The van der Waals surface area contributed by atoms with Gasteiger partial charge in [0.2, 0.25) is 0 Å². The molecule has 0 radical (unpaired) electrons. The number of aliphatic hydroxyl groups excluding tert-OH is 1. The highest BCUT2D eigenvalue weighted by molar-refractivity contribution is 5.69. The Hall–Kier alpha value is -4.00. The van der Waals surface area contributed by atoms with E-state index in [-0.39, 0.29) is 12.4 Å². The fourth-order valence-corrected chi connectivity index (χ4v) is 5.61. The van der Waals surface area contributed by atoms with E-state index in [0.717, 1.165) is 17.7 Å². The van der Waals surface area contributed by atoms with Gasteiger partial charge >= 0.3 is 5.97 Å². The zero-order valence-corrected chi connectivity index (χ0v) is 22.3. The van der Waals surface area contributed by atoms with E-state index >= 15 is 0 Å². The Labute approximate surface area is 230 Å². The Balaban J connectivity index is 1.52. The molecule has 1 unspecified atom stereocenters. The number of likely N-dealkylation sites (tertiary alicyclic amines) is 1. The molecule has 1 aliphatic heterocycles. The Morgan fingerprint density at radius 2 is 1.54 bits per heavy atom. The summed E-state index contributed by atoms with van der Waals surface area (Å²) in [4.78, 5) is 14.2. The maximum atomic E-state index is 11.8. The van der Waals surface area contributed by atoms with E-state index in [4.69, 9.17) is 4.74 Å². The second-order valence-electron chi connectivity index (χ2n) is 9.85. The van der Waals surface area contributed by atoms with E-state index < -0.39 is 11.6 Å². The normalized spacial score (nSPS) is 17.3. The van der Waals surface area contributed by atoms with Gasteiger partial charge in [0.15, 0.2) is 0 Å². The predicted octanol–water partition coefficient (Wildman–Crippen LogP) is 5.28. The number of ether oxygens (including phenoxy) is 1. The van der Waals surface area contributed by atoms with Gasteiger partial charge in [0.25, 0.3) is 0 Å². The number of nitrogens with zero attached hydrogens (tertiary/aromatic N) is 3. The summed E-state index contributed by atoms with van der Waals surface area (Å²) in [5.74, 6) is -0.231. The molecule has 1 N–H and O–H groups in total. The second kappa shape index (κ2) is 12.2. The summed E-state index contributed by atoms with van der Waals surface area (Å²) in [5, 5.41) is 15.5. The first kappa shape index (κ1) is 26.6. The molecule has 0 saturated carbocycles. The number of esters is 1. The molecule has 5 rings (SSSR count). The highest BCUT2D eigenvalue weighted by atomic mass is 16.5. The van der Waals surface area contributed by atoms with Gasteiger partial charge in [-0.3, -0.25) is 14.4 Å². The monoisotopic (exact) mass is 521 g/mol. The summed E-state index contributed by atoms with van der Waals surface area (Å²) in [6.07, 6.45) is 6.09. The van der Waals surface area contributed by atoms with Crippen LogP contribution in [0.25, 0.3) is 6.08 Å². The molecule has 4 aromatic rings. The lowest BCUT2D eigenvalue weighted by Gasteiger charge is -2.48. The van der Waals surface area contributed by atoms with E-state index in [9.17, 15) is 9.90 Å². The Morgan fingerprint density at radius 1 is 0.974 bits per heavy atom. The zero-order chi connectivity index (χ0) is 27.1. The van der Waals surface area contributed by atoms with E-state index in [0.29, 0.717) is 26.1 Å². The molecule has 0 bridgehead atoms. The van der Waals surface area contributed by atoms with E-state index in [1.165, 1.54) is 16.7 Å². The first-order valence-corrected chi connectivity index (χ1v) is 13.6. The van der Waals surface area contributed by atoms with Gasteiger partial charge in [-0.2, -0.15) is 5.10 Å². The topological polar surface area (TPSA) is 67.6 Å². The van der Waals surface area contributed by atoms with Crippen LogP contribution >= 0.6 is 0 Å². The van der Waals surface area contributed by atoms with Crippen LogP contribution in [0.15, 0.2) is 109 Å². The minimum absolute atomic E-state index is 0.231. The smallest absolute Gasteiger partial charge is 0.307 e. The summed E-state index contributed by atoms with van der Waals surface area (Å²) >= 11 is 0. The molecular formula is C33H35N3O3. The lowest BCUT2D eigenvalue weighted by molar-refractivity contribution is -0.143. The summed E-state index contributed by atoms with van der Waals surface area (Å²) in [6, 6.07) is 31.9. The summed E-state index contributed by atoms with van der Waals surface area (Å²) in [7, 11) is 0.